The summed E-state index contributed by atoms with van der Waals surface area (Å²) in [4.78, 5) is 33.7. The number of nitrogens with one attached hydrogen (secondary N) is 1. The van der Waals surface area contributed by atoms with Crippen molar-refractivity contribution in [2.75, 3.05) is 5.32 Å². The van der Waals surface area contributed by atoms with E-state index in [1.54, 1.807) is 53.5 Å². The van der Waals surface area contributed by atoms with Gasteiger partial charge in [-0.25, -0.2) is 4.98 Å². The van der Waals surface area contributed by atoms with Gasteiger partial charge in [-0.15, -0.1) is 0 Å². The third kappa shape index (κ3) is 4.44. The number of benzene rings is 2. The van der Waals surface area contributed by atoms with E-state index >= 15 is 0 Å². The number of fused-ring (bicyclic) bond motifs is 1. The van der Waals surface area contributed by atoms with Gasteiger partial charge in [-0.2, -0.15) is 9.50 Å². The molecule has 2 aromatic carbocycles. The van der Waals surface area contributed by atoms with Crippen molar-refractivity contribution in [3.8, 4) is 5.75 Å². The van der Waals surface area contributed by atoms with Crippen LogP contribution in [0.3, 0.4) is 0 Å². The Morgan fingerprint density at radius 1 is 1.16 bits per heavy atom. The van der Waals surface area contributed by atoms with Gasteiger partial charge in [0.05, 0.1) is 11.4 Å². The Hall–Kier alpha value is -3.65. The third-order valence-electron chi connectivity index (χ3n) is 4.58. The van der Waals surface area contributed by atoms with Gasteiger partial charge in [0, 0.05) is 22.7 Å². The maximum atomic E-state index is 12.5. The lowest BCUT2D eigenvalue weighted by molar-refractivity contribution is 0.102. The van der Waals surface area contributed by atoms with Gasteiger partial charge in [0.25, 0.3) is 17.2 Å². The summed E-state index contributed by atoms with van der Waals surface area (Å²) in [6.07, 6.45) is 1.58. The summed E-state index contributed by atoms with van der Waals surface area (Å²) in [7, 11) is 0. The van der Waals surface area contributed by atoms with E-state index in [0.717, 1.165) is 0 Å². The van der Waals surface area contributed by atoms with Crippen LogP contribution in [0.1, 0.15) is 35.9 Å². The van der Waals surface area contributed by atoms with Crippen LogP contribution in [0.25, 0.3) is 5.78 Å². The Kier molecular flexibility index (Phi) is 5.73. The molecule has 1 N–H and O–H groups in total. The number of ether oxygens (including phenoxy) is 1. The number of halogens is 1. The number of anilines is 1. The largest absolute Gasteiger partial charge is 0.485 e. The van der Waals surface area contributed by atoms with Crippen LogP contribution in [0, 0.1) is 0 Å². The summed E-state index contributed by atoms with van der Waals surface area (Å²) in [6, 6.07) is 15.2. The Morgan fingerprint density at radius 3 is 2.68 bits per heavy atom. The molecule has 4 aromatic rings. The second-order valence-corrected chi connectivity index (χ2v) is 7.60. The fraction of sp³-hybridized carbons (Fsp3) is 0.182. The molecule has 8 nitrogen and oxygen atoms in total. The minimum Gasteiger partial charge on any atom is -0.485 e. The van der Waals surface area contributed by atoms with Crippen LogP contribution < -0.4 is 15.6 Å². The molecule has 0 spiro atoms. The highest BCUT2D eigenvalue weighted by atomic mass is 35.5. The van der Waals surface area contributed by atoms with Crippen molar-refractivity contribution >= 4 is 29.0 Å². The molecule has 0 saturated heterocycles. The first kappa shape index (κ1) is 20.6. The molecule has 0 fully saturated rings. The average Bonchev–Trinajstić information content (AvgIpc) is 3.19. The van der Waals surface area contributed by atoms with Crippen molar-refractivity contribution in [3.63, 3.8) is 0 Å². The van der Waals surface area contributed by atoms with Crippen molar-refractivity contribution in [2.24, 2.45) is 0 Å². The minimum atomic E-state index is -0.287. The van der Waals surface area contributed by atoms with E-state index < -0.39 is 0 Å². The van der Waals surface area contributed by atoms with Crippen molar-refractivity contribution in [1.82, 2.24) is 19.2 Å². The predicted molar refractivity (Wildman–Crippen MR) is 118 cm³/mol. The van der Waals surface area contributed by atoms with Crippen LogP contribution in [-0.4, -0.2) is 25.1 Å². The van der Waals surface area contributed by atoms with E-state index in [1.807, 2.05) is 19.9 Å². The van der Waals surface area contributed by atoms with Crippen LogP contribution >= 0.6 is 11.6 Å². The zero-order chi connectivity index (χ0) is 22.0. The zero-order valence-corrected chi connectivity index (χ0v) is 17.7. The smallest absolute Gasteiger partial charge is 0.274 e. The molecule has 9 heteroatoms. The second kappa shape index (κ2) is 8.61. The molecule has 4 rings (SSSR count). The van der Waals surface area contributed by atoms with Gasteiger partial charge < -0.3 is 10.1 Å². The highest BCUT2D eigenvalue weighted by Crippen LogP contribution is 2.29. The molecular formula is C22H20ClN5O3. The van der Waals surface area contributed by atoms with Gasteiger partial charge in [0.2, 0.25) is 0 Å². The quantitative estimate of drug-likeness (QED) is 0.493. The van der Waals surface area contributed by atoms with Crippen LogP contribution in [-0.2, 0) is 6.61 Å². The molecule has 2 aromatic heterocycles. The van der Waals surface area contributed by atoms with Gasteiger partial charge in [-0.1, -0.05) is 29.8 Å². The molecule has 0 radical (unpaired) electrons. The number of hydrogen-bond acceptors (Lipinski definition) is 5. The van der Waals surface area contributed by atoms with Gasteiger partial charge in [-0.05, 0) is 44.2 Å². The first-order chi connectivity index (χ1) is 14.9. The lowest BCUT2D eigenvalue weighted by Crippen LogP contribution is -2.23. The number of aromatic nitrogens is 4. The summed E-state index contributed by atoms with van der Waals surface area (Å²) in [5.41, 5.74) is 1.11. The predicted octanol–water partition coefficient (Wildman–Crippen LogP) is 3.96. The molecular weight excluding hydrogens is 418 g/mol. The number of carbonyl (C=O) groups is 1. The van der Waals surface area contributed by atoms with E-state index in [0.29, 0.717) is 33.5 Å². The first-order valence-corrected chi connectivity index (χ1v) is 10.0. The summed E-state index contributed by atoms with van der Waals surface area (Å²) in [5, 5.41) is 3.26. The Morgan fingerprint density at radius 2 is 1.94 bits per heavy atom. The fourth-order valence-corrected chi connectivity index (χ4v) is 3.25. The van der Waals surface area contributed by atoms with Gasteiger partial charge in [0.1, 0.15) is 18.7 Å². The molecule has 0 aliphatic rings. The molecule has 2 heterocycles. The van der Waals surface area contributed by atoms with Gasteiger partial charge in [0.15, 0.2) is 0 Å². The molecule has 31 heavy (non-hydrogen) atoms. The molecule has 1 amide bonds. The summed E-state index contributed by atoms with van der Waals surface area (Å²) in [5.74, 6) is 0.418. The van der Waals surface area contributed by atoms with Crippen LogP contribution in [0.2, 0.25) is 5.02 Å². The zero-order valence-electron chi connectivity index (χ0n) is 16.9. The summed E-state index contributed by atoms with van der Waals surface area (Å²) in [6.45, 7) is 3.93. The maximum absolute atomic E-state index is 12.5. The van der Waals surface area contributed by atoms with Crippen molar-refractivity contribution in [3.05, 3.63) is 87.6 Å². The number of nitrogens with zero attached hydrogens (tertiary/aromatic N) is 4. The Labute approximate surface area is 183 Å². The van der Waals surface area contributed by atoms with E-state index in [1.165, 1.54) is 10.6 Å². The standard InChI is InChI=1S/C22H20ClN5O3/c1-14(2)27-13-24-22-25-17(11-20(29)28(22)27)12-31-19-9-8-16(23)10-18(19)26-21(30)15-6-4-3-5-7-15/h3-11,13-14H,12H2,1-2H3,(H,26,30). The van der Waals surface area contributed by atoms with Gasteiger partial charge >= 0.3 is 0 Å². The lowest BCUT2D eigenvalue weighted by atomic mass is 10.2. The molecule has 0 bridgehead atoms. The second-order valence-electron chi connectivity index (χ2n) is 7.17. The average molecular weight is 438 g/mol. The monoisotopic (exact) mass is 437 g/mol. The van der Waals surface area contributed by atoms with Crippen LogP contribution in [0.4, 0.5) is 5.69 Å². The number of hydrogen-bond donors (Lipinski definition) is 1. The van der Waals surface area contributed by atoms with E-state index in [9.17, 15) is 9.59 Å². The van der Waals surface area contributed by atoms with Crippen LogP contribution in [0.5, 0.6) is 5.75 Å². The van der Waals surface area contributed by atoms with Crippen molar-refractivity contribution < 1.29 is 9.53 Å². The third-order valence-corrected chi connectivity index (χ3v) is 4.82. The van der Waals surface area contributed by atoms with Crippen molar-refractivity contribution in [1.29, 1.82) is 0 Å². The number of carbonyl (C=O) groups excluding carboxylic acids is 1. The maximum Gasteiger partial charge on any atom is 0.274 e. The molecule has 158 valence electrons. The highest BCUT2D eigenvalue weighted by molar-refractivity contribution is 6.31. The molecule has 0 aliphatic carbocycles. The molecule has 0 unspecified atom stereocenters. The summed E-state index contributed by atoms with van der Waals surface area (Å²) >= 11 is 6.10. The van der Waals surface area contributed by atoms with Crippen LogP contribution in [0.15, 0.2) is 65.7 Å². The van der Waals surface area contributed by atoms with E-state index in [-0.39, 0.29) is 24.1 Å². The normalized spacial score (nSPS) is 11.1. The Bertz CT molecular complexity index is 1300. The van der Waals surface area contributed by atoms with E-state index in [2.05, 4.69) is 15.3 Å². The van der Waals surface area contributed by atoms with Gasteiger partial charge in [-0.3, -0.25) is 14.3 Å². The topological polar surface area (TPSA) is 90.5 Å². The number of rotatable bonds is 6. The molecule has 0 atom stereocenters. The van der Waals surface area contributed by atoms with Crippen molar-refractivity contribution in [2.45, 2.75) is 26.5 Å². The highest BCUT2D eigenvalue weighted by Gasteiger charge is 2.13. The minimum absolute atomic E-state index is 0.0239. The molecule has 0 saturated carbocycles. The Balaban J connectivity index is 1.56. The summed E-state index contributed by atoms with van der Waals surface area (Å²) < 4.78 is 8.99. The number of amides is 1. The van der Waals surface area contributed by atoms with E-state index in [4.69, 9.17) is 16.3 Å². The SMILES string of the molecule is CC(C)n1cnc2nc(COc3ccc(Cl)cc3NC(=O)c3ccccc3)cc(=O)n21. The lowest BCUT2D eigenvalue weighted by Gasteiger charge is -2.13. The first-order valence-electron chi connectivity index (χ1n) is 9.67. The molecule has 0 aliphatic heterocycles. The fourth-order valence-electron chi connectivity index (χ4n) is 3.07.